The van der Waals surface area contributed by atoms with Gasteiger partial charge in [0.1, 0.15) is 0 Å². The molecule has 114 valence electrons. The van der Waals surface area contributed by atoms with Crippen LogP contribution in [-0.2, 0) is 13.1 Å². The fourth-order valence-electron chi connectivity index (χ4n) is 2.19. The van der Waals surface area contributed by atoms with Crippen molar-refractivity contribution < 1.29 is 0 Å². The quantitative estimate of drug-likeness (QED) is 0.940. The third-order valence-corrected chi connectivity index (χ3v) is 3.84. The summed E-state index contributed by atoms with van der Waals surface area (Å²) in [6.07, 6.45) is 3.43. The van der Waals surface area contributed by atoms with Crippen LogP contribution in [0.25, 0.3) is 0 Å². The van der Waals surface area contributed by atoms with E-state index in [9.17, 15) is 0 Å². The molecule has 0 saturated heterocycles. The molecule has 4 nitrogen and oxygen atoms in total. The Morgan fingerprint density at radius 2 is 2.00 bits per heavy atom. The molecule has 5 heteroatoms. The van der Waals surface area contributed by atoms with Crippen molar-refractivity contribution >= 4 is 11.6 Å². The number of hydrogen-bond donors (Lipinski definition) is 1. The molecule has 2 aromatic rings. The van der Waals surface area contributed by atoms with Gasteiger partial charge >= 0.3 is 0 Å². The van der Waals surface area contributed by atoms with Crippen molar-refractivity contribution in [3.63, 3.8) is 0 Å². The second-order valence-corrected chi connectivity index (χ2v) is 6.78. The normalized spacial score (nSPS) is 11.9. The minimum absolute atomic E-state index is 0.0926. The summed E-state index contributed by atoms with van der Waals surface area (Å²) in [5.41, 5.74) is 4.63. The summed E-state index contributed by atoms with van der Waals surface area (Å²) in [6.45, 7) is 12.2. The summed E-state index contributed by atoms with van der Waals surface area (Å²) < 4.78 is 2.01. The number of halogens is 1. The minimum atomic E-state index is 0.0926. The van der Waals surface area contributed by atoms with Crippen molar-refractivity contribution in [3.8, 4) is 0 Å². The van der Waals surface area contributed by atoms with Crippen molar-refractivity contribution in [2.45, 2.75) is 53.2 Å². The van der Waals surface area contributed by atoms with Gasteiger partial charge < -0.3 is 5.32 Å². The van der Waals surface area contributed by atoms with Crippen LogP contribution in [0.15, 0.2) is 18.5 Å². The average Bonchev–Trinajstić information content (AvgIpc) is 2.64. The van der Waals surface area contributed by atoms with Crippen molar-refractivity contribution in [3.05, 3.63) is 46.0 Å². The van der Waals surface area contributed by atoms with E-state index in [0.717, 1.165) is 17.8 Å². The summed E-state index contributed by atoms with van der Waals surface area (Å²) in [5, 5.41) is 8.84. The standard InChI is InChI=1S/C16H23ClN4/c1-11-14(8-19-16(3,4)5)12(2)21(20-11)10-13-6-7-18-9-15(13)17/h6-7,9,19H,8,10H2,1-5H3. The van der Waals surface area contributed by atoms with Gasteiger partial charge in [-0.15, -0.1) is 0 Å². The number of pyridine rings is 1. The van der Waals surface area contributed by atoms with E-state index in [1.165, 1.54) is 11.3 Å². The van der Waals surface area contributed by atoms with Crippen LogP contribution in [0.3, 0.4) is 0 Å². The van der Waals surface area contributed by atoms with E-state index in [2.05, 4.69) is 50.0 Å². The third-order valence-electron chi connectivity index (χ3n) is 3.50. The first-order valence-electron chi connectivity index (χ1n) is 7.14. The second kappa shape index (κ2) is 6.16. The zero-order chi connectivity index (χ0) is 15.6. The largest absolute Gasteiger partial charge is 0.308 e. The van der Waals surface area contributed by atoms with E-state index < -0.39 is 0 Å². The SMILES string of the molecule is Cc1nn(Cc2ccncc2Cl)c(C)c1CNC(C)(C)C. The minimum Gasteiger partial charge on any atom is -0.308 e. The number of rotatable bonds is 4. The van der Waals surface area contributed by atoms with E-state index in [4.69, 9.17) is 11.6 Å². The summed E-state index contributed by atoms with van der Waals surface area (Å²) in [4.78, 5) is 4.02. The summed E-state index contributed by atoms with van der Waals surface area (Å²) in [5.74, 6) is 0. The highest BCUT2D eigenvalue weighted by Crippen LogP contribution is 2.19. The lowest BCUT2D eigenvalue weighted by Crippen LogP contribution is -2.35. The lowest BCUT2D eigenvalue weighted by molar-refractivity contribution is 0.423. The Kier molecular flexibility index (Phi) is 4.69. The Bertz CT molecular complexity index is 626. The molecule has 0 amide bonds. The smallest absolute Gasteiger partial charge is 0.0678 e. The fourth-order valence-corrected chi connectivity index (χ4v) is 2.37. The number of aromatic nitrogens is 3. The van der Waals surface area contributed by atoms with Gasteiger partial charge in [0.05, 0.1) is 17.3 Å². The third kappa shape index (κ3) is 4.05. The van der Waals surface area contributed by atoms with Gasteiger partial charge in [-0.1, -0.05) is 11.6 Å². The number of nitrogens with one attached hydrogen (secondary N) is 1. The number of hydrogen-bond acceptors (Lipinski definition) is 3. The molecule has 0 radical (unpaired) electrons. The highest BCUT2D eigenvalue weighted by molar-refractivity contribution is 6.31. The van der Waals surface area contributed by atoms with Crippen LogP contribution in [0.1, 0.15) is 43.3 Å². The highest BCUT2D eigenvalue weighted by Gasteiger charge is 2.15. The first-order chi connectivity index (χ1) is 9.78. The fraction of sp³-hybridized carbons (Fsp3) is 0.500. The molecular weight excluding hydrogens is 284 g/mol. The summed E-state index contributed by atoms with van der Waals surface area (Å²) in [7, 11) is 0. The molecule has 0 saturated carbocycles. The molecule has 0 aliphatic heterocycles. The maximum absolute atomic E-state index is 6.18. The van der Waals surface area contributed by atoms with Crippen molar-refractivity contribution in [2.75, 3.05) is 0 Å². The maximum atomic E-state index is 6.18. The van der Waals surface area contributed by atoms with Gasteiger partial charge in [0.25, 0.3) is 0 Å². The van der Waals surface area contributed by atoms with Crippen LogP contribution in [0, 0.1) is 13.8 Å². The Morgan fingerprint density at radius 3 is 2.62 bits per heavy atom. The monoisotopic (exact) mass is 306 g/mol. The van der Waals surface area contributed by atoms with E-state index in [1.807, 2.05) is 10.7 Å². The molecule has 21 heavy (non-hydrogen) atoms. The van der Waals surface area contributed by atoms with Crippen molar-refractivity contribution in [1.29, 1.82) is 0 Å². The topological polar surface area (TPSA) is 42.7 Å². The van der Waals surface area contributed by atoms with Crippen LogP contribution in [0.4, 0.5) is 0 Å². The van der Waals surface area contributed by atoms with Gasteiger partial charge in [-0.3, -0.25) is 9.67 Å². The molecule has 0 atom stereocenters. The Morgan fingerprint density at radius 1 is 1.29 bits per heavy atom. The maximum Gasteiger partial charge on any atom is 0.0678 e. The molecule has 2 aromatic heterocycles. The first-order valence-corrected chi connectivity index (χ1v) is 7.52. The summed E-state index contributed by atoms with van der Waals surface area (Å²) >= 11 is 6.18. The molecule has 0 bridgehead atoms. The Labute approximate surface area is 131 Å². The summed E-state index contributed by atoms with van der Waals surface area (Å²) in [6, 6.07) is 1.94. The molecule has 0 aliphatic rings. The number of nitrogens with zero attached hydrogens (tertiary/aromatic N) is 3. The molecule has 0 fully saturated rings. The van der Waals surface area contributed by atoms with Crippen LogP contribution < -0.4 is 5.32 Å². The molecule has 1 N–H and O–H groups in total. The van der Waals surface area contributed by atoms with E-state index in [1.54, 1.807) is 12.4 Å². The van der Waals surface area contributed by atoms with E-state index in [-0.39, 0.29) is 5.54 Å². The van der Waals surface area contributed by atoms with Gasteiger partial charge in [-0.2, -0.15) is 5.10 Å². The van der Waals surface area contributed by atoms with Gasteiger partial charge in [0.2, 0.25) is 0 Å². The molecular formula is C16H23ClN4. The van der Waals surface area contributed by atoms with Gasteiger partial charge in [-0.25, -0.2) is 0 Å². The van der Waals surface area contributed by atoms with Crippen molar-refractivity contribution in [1.82, 2.24) is 20.1 Å². The lowest BCUT2D eigenvalue weighted by Gasteiger charge is -2.20. The van der Waals surface area contributed by atoms with Crippen LogP contribution in [0.5, 0.6) is 0 Å². The van der Waals surface area contributed by atoms with Crippen LogP contribution >= 0.6 is 11.6 Å². The lowest BCUT2D eigenvalue weighted by atomic mass is 10.1. The molecule has 0 unspecified atom stereocenters. The van der Waals surface area contributed by atoms with Crippen LogP contribution in [-0.4, -0.2) is 20.3 Å². The molecule has 2 heterocycles. The van der Waals surface area contributed by atoms with E-state index in [0.29, 0.717) is 11.6 Å². The zero-order valence-electron chi connectivity index (χ0n) is 13.4. The van der Waals surface area contributed by atoms with Gasteiger partial charge in [0.15, 0.2) is 0 Å². The highest BCUT2D eigenvalue weighted by atomic mass is 35.5. The predicted octanol–water partition coefficient (Wildman–Crippen LogP) is 3.48. The van der Waals surface area contributed by atoms with E-state index >= 15 is 0 Å². The van der Waals surface area contributed by atoms with Crippen molar-refractivity contribution in [2.24, 2.45) is 0 Å². The van der Waals surface area contributed by atoms with Crippen LogP contribution in [0.2, 0.25) is 5.02 Å². The van der Waals surface area contributed by atoms with Gasteiger partial charge in [0, 0.05) is 35.7 Å². The zero-order valence-corrected chi connectivity index (χ0v) is 14.1. The first kappa shape index (κ1) is 16.0. The Balaban J connectivity index is 2.21. The Hall–Kier alpha value is -1.39. The molecule has 0 spiro atoms. The van der Waals surface area contributed by atoms with Gasteiger partial charge in [-0.05, 0) is 46.2 Å². The second-order valence-electron chi connectivity index (χ2n) is 6.38. The average molecular weight is 307 g/mol. The molecule has 0 aliphatic carbocycles. The molecule has 0 aromatic carbocycles. The predicted molar refractivity (Wildman–Crippen MR) is 86.6 cm³/mol. The number of aryl methyl sites for hydroxylation is 1. The molecule has 2 rings (SSSR count).